The van der Waals surface area contributed by atoms with Crippen LogP contribution in [-0.4, -0.2) is 99.1 Å². The zero-order valence-corrected chi connectivity index (χ0v) is 29.1. The number of amides is 4. The van der Waals surface area contributed by atoms with Crippen molar-refractivity contribution >= 4 is 35.2 Å². The molecule has 13 heteroatoms. The van der Waals surface area contributed by atoms with Crippen molar-refractivity contribution in [2.24, 2.45) is 11.8 Å². The van der Waals surface area contributed by atoms with E-state index in [4.69, 9.17) is 0 Å². The second-order valence-corrected chi connectivity index (χ2v) is 13.0. The second kappa shape index (κ2) is 16.6. The molecule has 0 radical (unpaired) electrons. The number of phenolic OH excluding ortho intramolecular Hbond substituents is 2. The number of fused-ring (bicyclic) bond motifs is 5. The van der Waals surface area contributed by atoms with E-state index in [1.165, 1.54) is 57.1 Å². The van der Waals surface area contributed by atoms with Crippen molar-refractivity contribution in [2.75, 3.05) is 20.7 Å². The maximum absolute atomic E-state index is 13.9. The topological polar surface area (TPSA) is 194 Å². The summed E-state index contributed by atoms with van der Waals surface area (Å²) in [5.74, 6) is -4.83. The predicted octanol–water partition coefficient (Wildman–Crippen LogP) is 2.25. The molecule has 0 aromatic heterocycles. The summed E-state index contributed by atoms with van der Waals surface area (Å²) < 4.78 is 0. The first-order valence-electron chi connectivity index (χ1n) is 16.4. The van der Waals surface area contributed by atoms with Crippen molar-refractivity contribution in [3.05, 3.63) is 47.5 Å². The molecule has 4 bridgehead atoms. The number of aromatic hydroxyl groups is 2. The number of Topliss-reactive ketones (excluding diaryl/α,β-unsaturated/α-hetero) is 2. The smallest absolute Gasteiger partial charge is 0.245 e. The van der Waals surface area contributed by atoms with Crippen LogP contribution in [0.25, 0.3) is 11.1 Å². The van der Waals surface area contributed by atoms with Gasteiger partial charge in [-0.15, -0.1) is 0 Å². The average Bonchev–Trinajstić information content (AvgIpc) is 3.05. The van der Waals surface area contributed by atoms with Crippen molar-refractivity contribution in [3.63, 3.8) is 0 Å². The Hall–Kier alpha value is -4.78. The molecule has 0 saturated carbocycles. The van der Waals surface area contributed by atoms with Crippen LogP contribution >= 0.6 is 0 Å². The monoisotopic (exact) mass is 680 g/mol. The van der Waals surface area contributed by atoms with Crippen molar-refractivity contribution in [1.29, 1.82) is 0 Å². The number of likely N-dealkylation sites (N-methyl/N-ethyl adjacent to an activating group) is 2. The molecule has 2 aromatic rings. The number of hydrogen-bond acceptors (Lipinski definition) is 9. The third-order valence-corrected chi connectivity index (χ3v) is 9.02. The number of ketones is 2. The Labute approximate surface area is 286 Å². The van der Waals surface area contributed by atoms with Crippen LogP contribution in [-0.2, 0) is 35.2 Å². The molecule has 0 unspecified atom stereocenters. The van der Waals surface area contributed by atoms with Gasteiger partial charge >= 0.3 is 0 Å². The number of aliphatic hydroxyl groups excluding tert-OH is 1. The van der Waals surface area contributed by atoms with E-state index in [-0.39, 0.29) is 54.2 Å². The number of hydrogen-bond donors (Lipinski definition) is 5. The molecule has 0 saturated heterocycles. The van der Waals surface area contributed by atoms with Gasteiger partial charge in [0.25, 0.3) is 0 Å². The van der Waals surface area contributed by atoms with Gasteiger partial charge < -0.3 is 35.8 Å². The van der Waals surface area contributed by atoms with Crippen molar-refractivity contribution in [2.45, 2.75) is 84.5 Å². The van der Waals surface area contributed by atoms with E-state index in [1.54, 1.807) is 26.0 Å². The summed E-state index contributed by atoms with van der Waals surface area (Å²) in [5, 5.41) is 36.7. The lowest BCUT2D eigenvalue weighted by atomic mass is 9.89. The SMILES string of the molecule is CCC(=O)N(C)[C@H](CO)C(=O)N[C@H](C)C(=O)C[C@H](C)C(=O)N(C)[C@@H]1C(=O)C[C@@H](C)C(=O)N[C@H](C)Cc2ccc(O)c(c2)-c2cc1ccc2O. The highest BCUT2D eigenvalue weighted by Gasteiger charge is 2.35. The highest BCUT2D eigenvalue weighted by molar-refractivity contribution is 5.97. The molecule has 2 aromatic carbocycles. The average molecular weight is 681 g/mol. The first-order chi connectivity index (χ1) is 23.0. The number of carbonyl (C=O) groups excluding carboxylic acids is 6. The molecule has 6 atom stereocenters. The highest BCUT2D eigenvalue weighted by Crippen LogP contribution is 2.39. The third kappa shape index (κ3) is 9.23. The molecular formula is C36H48N4O9. The van der Waals surface area contributed by atoms with Crippen LogP contribution in [0.5, 0.6) is 11.5 Å². The lowest BCUT2D eigenvalue weighted by Crippen LogP contribution is -2.53. The highest BCUT2D eigenvalue weighted by atomic mass is 16.3. The van der Waals surface area contributed by atoms with Gasteiger partial charge in [-0.3, -0.25) is 28.8 Å². The van der Waals surface area contributed by atoms with Crippen molar-refractivity contribution in [3.8, 4) is 22.6 Å². The Bertz CT molecular complexity index is 1590. The zero-order valence-electron chi connectivity index (χ0n) is 29.1. The first kappa shape index (κ1) is 38.7. The lowest BCUT2D eigenvalue weighted by molar-refractivity contribution is -0.143. The molecule has 0 spiro atoms. The van der Waals surface area contributed by atoms with Gasteiger partial charge in [0.1, 0.15) is 23.6 Å². The van der Waals surface area contributed by atoms with Gasteiger partial charge in [-0.05, 0) is 55.7 Å². The second-order valence-electron chi connectivity index (χ2n) is 13.0. The van der Waals surface area contributed by atoms with Crippen LogP contribution in [0.2, 0.25) is 0 Å². The van der Waals surface area contributed by atoms with Gasteiger partial charge in [0, 0.05) is 62.4 Å². The van der Waals surface area contributed by atoms with Crippen molar-refractivity contribution < 1.29 is 44.1 Å². The summed E-state index contributed by atoms with van der Waals surface area (Å²) >= 11 is 0. The number of aliphatic hydroxyl groups is 1. The Morgan fingerprint density at radius 3 is 2.18 bits per heavy atom. The van der Waals surface area contributed by atoms with Gasteiger partial charge in [-0.2, -0.15) is 0 Å². The fourth-order valence-corrected chi connectivity index (χ4v) is 6.02. The lowest BCUT2D eigenvalue weighted by Gasteiger charge is -2.31. The summed E-state index contributed by atoms with van der Waals surface area (Å²) in [6.45, 7) is 7.38. The van der Waals surface area contributed by atoms with Gasteiger partial charge in [0.05, 0.1) is 12.6 Å². The number of nitrogens with one attached hydrogen (secondary N) is 2. The van der Waals surface area contributed by atoms with Gasteiger partial charge in [0.2, 0.25) is 23.6 Å². The van der Waals surface area contributed by atoms with E-state index in [0.717, 1.165) is 10.5 Å². The normalized spacial score (nSPS) is 19.8. The summed E-state index contributed by atoms with van der Waals surface area (Å²) in [6, 6.07) is 5.58. The van der Waals surface area contributed by atoms with E-state index >= 15 is 0 Å². The van der Waals surface area contributed by atoms with E-state index < -0.39 is 59.9 Å². The fourth-order valence-electron chi connectivity index (χ4n) is 6.02. The minimum Gasteiger partial charge on any atom is -0.507 e. The Balaban J connectivity index is 1.91. The van der Waals surface area contributed by atoms with Crippen LogP contribution in [0.4, 0.5) is 0 Å². The molecule has 13 nitrogen and oxygen atoms in total. The summed E-state index contributed by atoms with van der Waals surface area (Å²) in [4.78, 5) is 81.1. The zero-order chi connectivity index (χ0) is 36.7. The summed E-state index contributed by atoms with van der Waals surface area (Å²) in [7, 11) is 2.80. The maximum atomic E-state index is 13.9. The first-order valence-corrected chi connectivity index (χ1v) is 16.4. The predicted molar refractivity (Wildman–Crippen MR) is 181 cm³/mol. The van der Waals surface area contributed by atoms with E-state index in [1.807, 2.05) is 6.92 Å². The Morgan fingerprint density at radius 1 is 0.959 bits per heavy atom. The minimum absolute atomic E-state index is 0.108. The standard InChI is InChI=1S/C36H48N4O9/c1-8-32(46)39(6)27(18-41)35(48)38-22(5)30(44)14-20(3)36(49)40(7)33-24-10-12-29(43)26(17-24)25-16-23(9-11-28(25)42)15-21(4)37-34(47)19(2)13-31(33)45/h9-12,16-17,19-22,27,33,41-43H,8,13-15,18H2,1-7H3,(H,37,47)(H,38,48)/t19-,20+,21-,22-,27-,33+/m1/s1. The number of benzene rings is 2. The minimum atomic E-state index is -1.21. The largest absolute Gasteiger partial charge is 0.507 e. The van der Waals surface area contributed by atoms with Crippen LogP contribution in [0.1, 0.15) is 71.0 Å². The molecule has 1 aliphatic rings. The molecule has 4 amide bonds. The number of carbonyl (C=O) groups is 6. The summed E-state index contributed by atoms with van der Waals surface area (Å²) in [5.41, 5.74) is 1.69. The molecule has 0 aliphatic carbocycles. The van der Waals surface area contributed by atoms with E-state index in [0.29, 0.717) is 17.5 Å². The Morgan fingerprint density at radius 2 is 1.57 bits per heavy atom. The number of nitrogens with zero attached hydrogens (tertiary/aromatic N) is 2. The molecule has 49 heavy (non-hydrogen) atoms. The molecule has 1 heterocycles. The van der Waals surface area contributed by atoms with Crippen molar-refractivity contribution in [1.82, 2.24) is 20.4 Å². The molecular weight excluding hydrogens is 632 g/mol. The maximum Gasteiger partial charge on any atom is 0.245 e. The van der Waals surface area contributed by atoms with Gasteiger partial charge in [-0.25, -0.2) is 0 Å². The Kier molecular flexibility index (Phi) is 13.1. The van der Waals surface area contributed by atoms with E-state index in [9.17, 15) is 44.1 Å². The van der Waals surface area contributed by atoms with Crippen LogP contribution in [0, 0.1) is 11.8 Å². The molecule has 5 N–H and O–H groups in total. The van der Waals surface area contributed by atoms with Crippen LogP contribution < -0.4 is 10.6 Å². The van der Waals surface area contributed by atoms with Gasteiger partial charge in [-0.1, -0.05) is 32.9 Å². The third-order valence-electron chi connectivity index (χ3n) is 9.02. The summed E-state index contributed by atoms with van der Waals surface area (Å²) in [6.07, 6.45) is 0.0660. The molecule has 0 fully saturated rings. The number of phenols is 2. The molecule has 1 aliphatic heterocycles. The quantitative estimate of drug-likeness (QED) is 0.250. The van der Waals surface area contributed by atoms with E-state index in [2.05, 4.69) is 10.6 Å². The molecule has 3 rings (SSSR count). The van der Waals surface area contributed by atoms with Crippen LogP contribution in [0.3, 0.4) is 0 Å². The fraction of sp³-hybridized carbons (Fsp3) is 0.500. The molecule has 266 valence electrons. The number of rotatable bonds is 10. The van der Waals surface area contributed by atoms with Gasteiger partial charge in [0.15, 0.2) is 11.6 Å². The van der Waals surface area contributed by atoms with Crippen LogP contribution in [0.15, 0.2) is 36.4 Å².